The summed E-state index contributed by atoms with van der Waals surface area (Å²) < 4.78 is 36.8. The number of esters is 1. The van der Waals surface area contributed by atoms with E-state index in [1.54, 1.807) is 24.3 Å². The fourth-order valence-electron chi connectivity index (χ4n) is 3.33. The van der Waals surface area contributed by atoms with Crippen LogP contribution in [0, 0.1) is 0 Å². The van der Waals surface area contributed by atoms with Crippen molar-refractivity contribution < 1.29 is 32.3 Å². The number of carbonyl (C=O) groups is 3. The van der Waals surface area contributed by atoms with Gasteiger partial charge in [0.25, 0.3) is 5.91 Å². The molecule has 0 aromatic heterocycles. The van der Waals surface area contributed by atoms with E-state index in [0.29, 0.717) is 29.5 Å². The van der Waals surface area contributed by atoms with Crippen LogP contribution in [0.3, 0.4) is 0 Å². The number of primary amides is 1. The van der Waals surface area contributed by atoms with E-state index in [2.05, 4.69) is 10.6 Å². The number of nitrogens with one attached hydrogen (secondary N) is 2. The molecule has 1 fully saturated rings. The lowest BCUT2D eigenvalue weighted by molar-refractivity contribution is -0.147. The van der Waals surface area contributed by atoms with Crippen molar-refractivity contribution in [3.63, 3.8) is 0 Å². The second-order valence-electron chi connectivity index (χ2n) is 7.57. The smallest absolute Gasteiger partial charge is 0.312 e. The van der Waals surface area contributed by atoms with Crippen molar-refractivity contribution >= 4 is 45.2 Å². The predicted octanol–water partition coefficient (Wildman–Crippen LogP) is 1.64. The molecule has 2 aromatic carbocycles. The van der Waals surface area contributed by atoms with Gasteiger partial charge in [-0.15, -0.1) is 0 Å². The molecule has 0 radical (unpaired) electrons. The van der Waals surface area contributed by atoms with Gasteiger partial charge in [-0.25, -0.2) is 13.2 Å². The van der Waals surface area contributed by atoms with E-state index in [-0.39, 0.29) is 24.4 Å². The lowest BCUT2D eigenvalue weighted by Crippen LogP contribution is -2.40. The van der Waals surface area contributed by atoms with Crippen LogP contribution in [-0.2, 0) is 29.1 Å². The first-order valence-electron chi connectivity index (χ1n) is 10.6. The lowest BCUT2D eigenvalue weighted by Gasteiger charge is -2.26. The molecule has 35 heavy (non-hydrogen) atoms. The Morgan fingerprint density at radius 1 is 1.06 bits per heavy atom. The molecular weight excluding hydrogens is 500 g/mol. The van der Waals surface area contributed by atoms with Gasteiger partial charge in [-0.05, 0) is 42.0 Å². The molecule has 0 spiro atoms. The number of hydrogen-bond acceptors (Lipinski definition) is 7. The van der Waals surface area contributed by atoms with Gasteiger partial charge >= 0.3 is 12.0 Å². The minimum atomic E-state index is -3.65. The first-order valence-corrected chi connectivity index (χ1v) is 12.4. The van der Waals surface area contributed by atoms with Crippen molar-refractivity contribution in [1.29, 1.82) is 0 Å². The number of nitrogens with zero attached hydrogens (tertiary/aromatic N) is 1. The highest BCUT2D eigenvalue weighted by atomic mass is 35.5. The van der Waals surface area contributed by atoms with Gasteiger partial charge in [0.15, 0.2) is 6.61 Å². The summed E-state index contributed by atoms with van der Waals surface area (Å²) in [6.07, 6.45) is -0.258. The minimum Gasteiger partial charge on any atom is -0.455 e. The number of rotatable bonds is 9. The molecule has 1 aliphatic heterocycles. The van der Waals surface area contributed by atoms with Gasteiger partial charge in [0.1, 0.15) is 0 Å². The Bertz CT molecular complexity index is 1150. The third-order valence-corrected chi connectivity index (χ3v) is 7.23. The molecule has 0 saturated carbocycles. The molecule has 1 unspecified atom stereocenters. The average Bonchev–Trinajstić information content (AvgIpc) is 2.83. The number of halogens is 1. The van der Waals surface area contributed by atoms with Gasteiger partial charge in [-0.2, -0.15) is 4.31 Å². The Morgan fingerprint density at radius 2 is 1.69 bits per heavy atom. The normalized spacial score (nSPS) is 15.1. The van der Waals surface area contributed by atoms with Crippen molar-refractivity contribution in [3.05, 3.63) is 59.1 Å². The largest absolute Gasteiger partial charge is 0.455 e. The van der Waals surface area contributed by atoms with Crippen molar-refractivity contribution in [2.24, 2.45) is 5.73 Å². The van der Waals surface area contributed by atoms with Gasteiger partial charge in [-0.1, -0.05) is 23.7 Å². The lowest BCUT2D eigenvalue weighted by atomic mass is 10.0. The maximum Gasteiger partial charge on any atom is 0.312 e. The van der Waals surface area contributed by atoms with E-state index < -0.39 is 40.6 Å². The predicted molar refractivity (Wildman–Crippen MR) is 127 cm³/mol. The monoisotopic (exact) mass is 524 g/mol. The van der Waals surface area contributed by atoms with Crippen molar-refractivity contribution in [1.82, 2.24) is 9.62 Å². The summed E-state index contributed by atoms with van der Waals surface area (Å²) in [5.74, 6) is -1.35. The SMILES string of the molecule is NC(=O)NC(CC(=O)OCC(=O)Nc1ccc(S(=O)(=O)N2CCOCC2)cc1)c1ccc(Cl)cc1. The van der Waals surface area contributed by atoms with Crippen LogP contribution >= 0.6 is 11.6 Å². The summed E-state index contributed by atoms with van der Waals surface area (Å²) >= 11 is 5.86. The molecule has 4 N–H and O–H groups in total. The molecule has 0 bridgehead atoms. The number of anilines is 1. The molecule has 13 heteroatoms. The molecule has 2 aromatic rings. The molecule has 3 rings (SSSR count). The zero-order chi connectivity index (χ0) is 25.4. The molecular formula is C22H25ClN4O7S. The summed E-state index contributed by atoms with van der Waals surface area (Å²) in [7, 11) is -3.65. The maximum absolute atomic E-state index is 12.7. The number of urea groups is 1. The Hall–Kier alpha value is -3.19. The summed E-state index contributed by atoms with van der Waals surface area (Å²) in [5.41, 5.74) is 6.11. The van der Waals surface area contributed by atoms with Crippen LogP contribution in [0.2, 0.25) is 5.02 Å². The van der Waals surface area contributed by atoms with Crippen LogP contribution in [-0.4, -0.2) is 63.5 Å². The molecule has 1 heterocycles. The fourth-order valence-corrected chi connectivity index (χ4v) is 4.87. The Morgan fingerprint density at radius 3 is 2.29 bits per heavy atom. The third kappa shape index (κ3) is 7.65. The fraction of sp³-hybridized carbons (Fsp3) is 0.318. The second kappa shape index (κ2) is 12.0. The second-order valence-corrected chi connectivity index (χ2v) is 9.94. The molecule has 1 atom stereocenters. The molecule has 3 amide bonds. The number of ether oxygens (including phenoxy) is 2. The quantitative estimate of drug-likeness (QED) is 0.421. The number of hydrogen-bond donors (Lipinski definition) is 3. The number of benzene rings is 2. The van der Waals surface area contributed by atoms with Crippen LogP contribution in [0.1, 0.15) is 18.0 Å². The summed E-state index contributed by atoms with van der Waals surface area (Å²) in [5, 5.41) is 5.46. The zero-order valence-corrected chi connectivity index (χ0v) is 20.2. The topological polar surface area (TPSA) is 157 Å². The Kier molecular flexibility index (Phi) is 9.04. The molecule has 1 aliphatic rings. The maximum atomic E-state index is 12.7. The van der Waals surface area contributed by atoms with Crippen molar-refractivity contribution in [3.8, 4) is 0 Å². The highest BCUT2D eigenvalue weighted by Gasteiger charge is 2.26. The van der Waals surface area contributed by atoms with Gasteiger partial charge in [0, 0.05) is 23.8 Å². The number of carbonyl (C=O) groups excluding carboxylic acids is 3. The van der Waals surface area contributed by atoms with Gasteiger partial charge < -0.3 is 25.8 Å². The molecule has 188 valence electrons. The average molecular weight is 525 g/mol. The molecule has 11 nitrogen and oxygen atoms in total. The first kappa shape index (κ1) is 26.4. The Balaban J connectivity index is 1.52. The van der Waals surface area contributed by atoms with E-state index in [9.17, 15) is 22.8 Å². The zero-order valence-electron chi connectivity index (χ0n) is 18.6. The third-order valence-electron chi connectivity index (χ3n) is 5.07. The van der Waals surface area contributed by atoms with Crippen LogP contribution in [0.25, 0.3) is 0 Å². The van der Waals surface area contributed by atoms with E-state index >= 15 is 0 Å². The molecule has 0 aliphatic carbocycles. The number of amides is 3. The van der Waals surface area contributed by atoms with Crippen molar-refractivity contribution in [2.75, 3.05) is 38.2 Å². The number of sulfonamides is 1. The van der Waals surface area contributed by atoms with Crippen LogP contribution in [0.5, 0.6) is 0 Å². The molecule has 1 saturated heterocycles. The first-order chi connectivity index (χ1) is 16.6. The van der Waals surface area contributed by atoms with E-state index in [1.165, 1.54) is 28.6 Å². The Labute approximate surface area is 207 Å². The standard InChI is InChI=1S/C22H25ClN4O7S/c23-16-3-1-15(2-4-16)19(26-22(24)30)13-21(29)34-14-20(28)25-17-5-7-18(8-6-17)35(31,32)27-9-11-33-12-10-27/h1-8,19H,9-14H2,(H,25,28)(H3,24,26,30). The van der Waals surface area contributed by atoms with Gasteiger partial charge in [0.05, 0.1) is 30.6 Å². The van der Waals surface area contributed by atoms with Crippen LogP contribution < -0.4 is 16.4 Å². The summed E-state index contributed by atoms with van der Waals surface area (Å²) in [6, 6.07) is 10.5. The van der Waals surface area contributed by atoms with Gasteiger partial charge in [-0.3, -0.25) is 9.59 Å². The highest BCUT2D eigenvalue weighted by Crippen LogP contribution is 2.21. The van der Waals surface area contributed by atoms with Crippen LogP contribution in [0.15, 0.2) is 53.4 Å². The highest BCUT2D eigenvalue weighted by molar-refractivity contribution is 7.89. The van der Waals surface area contributed by atoms with E-state index in [4.69, 9.17) is 26.8 Å². The minimum absolute atomic E-state index is 0.0963. The van der Waals surface area contributed by atoms with E-state index in [0.717, 1.165) is 0 Å². The summed E-state index contributed by atoms with van der Waals surface area (Å²) in [4.78, 5) is 35.8. The number of nitrogens with two attached hydrogens (primary N) is 1. The number of morpholine rings is 1. The van der Waals surface area contributed by atoms with Crippen LogP contribution in [0.4, 0.5) is 10.5 Å². The van der Waals surface area contributed by atoms with Gasteiger partial charge in [0.2, 0.25) is 10.0 Å². The summed E-state index contributed by atoms with van der Waals surface area (Å²) in [6.45, 7) is 0.660. The van der Waals surface area contributed by atoms with E-state index in [1.807, 2.05) is 0 Å². The van der Waals surface area contributed by atoms with Crippen molar-refractivity contribution in [2.45, 2.75) is 17.4 Å².